The Morgan fingerprint density at radius 2 is 2.42 bits per heavy atom. The van der Waals surface area contributed by atoms with Crippen molar-refractivity contribution in [2.45, 2.75) is 45.6 Å². The van der Waals surface area contributed by atoms with Gasteiger partial charge in [-0.3, -0.25) is 9.89 Å². The fourth-order valence-corrected chi connectivity index (χ4v) is 2.55. The summed E-state index contributed by atoms with van der Waals surface area (Å²) in [5.41, 5.74) is 2.35. The molecule has 3 N–H and O–H groups in total. The average molecular weight is 264 g/mol. The van der Waals surface area contributed by atoms with Gasteiger partial charge in [0.2, 0.25) is 5.91 Å². The maximum Gasteiger partial charge on any atom is 0.237 e. The number of nitrogens with zero attached hydrogens (tertiary/aromatic N) is 1. The molecule has 106 valence electrons. The van der Waals surface area contributed by atoms with Gasteiger partial charge < -0.3 is 10.6 Å². The third kappa shape index (κ3) is 4.06. The number of carbonyl (C=O) groups is 1. The first-order valence-corrected chi connectivity index (χ1v) is 7.16. The Bertz CT molecular complexity index is 415. The molecule has 5 nitrogen and oxygen atoms in total. The minimum atomic E-state index is -0.000545. The van der Waals surface area contributed by atoms with Crippen LogP contribution in [0.15, 0.2) is 6.20 Å². The molecule has 0 radical (unpaired) electrons. The van der Waals surface area contributed by atoms with Gasteiger partial charge in [-0.25, -0.2) is 0 Å². The maximum absolute atomic E-state index is 12.0. The summed E-state index contributed by atoms with van der Waals surface area (Å²) in [5.74, 6) is 0.793. The molecule has 0 spiro atoms. The Hall–Kier alpha value is -1.36. The van der Waals surface area contributed by atoms with Crippen molar-refractivity contribution >= 4 is 5.91 Å². The van der Waals surface area contributed by atoms with Gasteiger partial charge in [0, 0.05) is 12.2 Å². The normalized spacial score (nSPS) is 23.3. The smallest absolute Gasteiger partial charge is 0.237 e. The van der Waals surface area contributed by atoms with Crippen molar-refractivity contribution in [2.24, 2.45) is 5.92 Å². The standard InChI is InChI=1S/C14H24N4O/c1-10-5-7-15-13(8-10)14(19)16-6-3-4-12-9-17-18-11(12)2/h9-10,13,15H,3-8H2,1-2H3,(H,16,19)(H,17,18). The second-order valence-corrected chi connectivity index (χ2v) is 5.55. The molecule has 1 aliphatic rings. The minimum Gasteiger partial charge on any atom is -0.355 e. The first-order valence-electron chi connectivity index (χ1n) is 7.16. The van der Waals surface area contributed by atoms with Crippen molar-refractivity contribution in [1.82, 2.24) is 20.8 Å². The molecule has 0 bridgehead atoms. The van der Waals surface area contributed by atoms with E-state index >= 15 is 0 Å². The molecule has 2 unspecified atom stereocenters. The first kappa shape index (κ1) is 14.1. The molecule has 2 rings (SSSR count). The van der Waals surface area contributed by atoms with E-state index in [4.69, 9.17) is 0 Å². The van der Waals surface area contributed by atoms with E-state index in [-0.39, 0.29) is 11.9 Å². The maximum atomic E-state index is 12.0. The topological polar surface area (TPSA) is 69.8 Å². The zero-order valence-corrected chi connectivity index (χ0v) is 11.8. The fraction of sp³-hybridized carbons (Fsp3) is 0.714. The number of rotatable bonds is 5. The molecular formula is C14H24N4O. The van der Waals surface area contributed by atoms with Gasteiger partial charge in [0.1, 0.15) is 0 Å². The number of H-pyrrole nitrogens is 1. The largest absolute Gasteiger partial charge is 0.355 e. The molecule has 1 saturated heterocycles. The lowest BCUT2D eigenvalue weighted by molar-refractivity contribution is -0.124. The van der Waals surface area contributed by atoms with Crippen LogP contribution in [-0.2, 0) is 11.2 Å². The van der Waals surface area contributed by atoms with E-state index in [0.717, 1.165) is 38.0 Å². The highest BCUT2D eigenvalue weighted by atomic mass is 16.2. The summed E-state index contributed by atoms with van der Waals surface area (Å²) in [6.45, 7) is 5.92. The van der Waals surface area contributed by atoms with Gasteiger partial charge >= 0.3 is 0 Å². The highest BCUT2D eigenvalue weighted by Gasteiger charge is 2.23. The zero-order valence-electron chi connectivity index (χ0n) is 11.8. The van der Waals surface area contributed by atoms with Gasteiger partial charge in [-0.05, 0) is 50.6 Å². The third-order valence-electron chi connectivity index (χ3n) is 3.84. The van der Waals surface area contributed by atoms with Crippen LogP contribution >= 0.6 is 0 Å². The molecule has 1 aliphatic heterocycles. The lowest BCUT2D eigenvalue weighted by Gasteiger charge is -2.27. The van der Waals surface area contributed by atoms with Gasteiger partial charge in [-0.2, -0.15) is 5.10 Å². The van der Waals surface area contributed by atoms with Crippen molar-refractivity contribution in [3.63, 3.8) is 0 Å². The highest BCUT2D eigenvalue weighted by Crippen LogP contribution is 2.14. The summed E-state index contributed by atoms with van der Waals surface area (Å²) in [4.78, 5) is 12.0. The third-order valence-corrected chi connectivity index (χ3v) is 3.84. The van der Waals surface area contributed by atoms with Crippen LogP contribution in [0, 0.1) is 12.8 Å². The van der Waals surface area contributed by atoms with Crippen LogP contribution in [0.1, 0.15) is 37.4 Å². The van der Waals surface area contributed by atoms with Gasteiger partial charge in [-0.15, -0.1) is 0 Å². The first-order chi connectivity index (χ1) is 9.16. The lowest BCUT2D eigenvalue weighted by atomic mass is 9.94. The van der Waals surface area contributed by atoms with Crippen molar-refractivity contribution in [3.8, 4) is 0 Å². The minimum absolute atomic E-state index is 0.000545. The summed E-state index contributed by atoms with van der Waals surface area (Å²) < 4.78 is 0. The molecule has 0 aliphatic carbocycles. The van der Waals surface area contributed by atoms with Gasteiger partial charge in [0.25, 0.3) is 0 Å². The van der Waals surface area contributed by atoms with Crippen LogP contribution in [0.25, 0.3) is 0 Å². The number of amides is 1. The molecule has 1 aromatic rings. The highest BCUT2D eigenvalue weighted by molar-refractivity contribution is 5.81. The predicted octanol–water partition coefficient (Wildman–Crippen LogP) is 1.16. The number of piperidine rings is 1. The molecule has 19 heavy (non-hydrogen) atoms. The second-order valence-electron chi connectivity index (χ2n) is 5.55. The second kappa shape index (κ2) is 6.70. The van der Waals surface area contributed by atoms with Crippen molar-refractivity contribution < 1.29 is 4.79 Å². The lowest BCUT2D eigenvalue weighted by Crippen LogP contribution is -2.48. The monoisotopic (exact) mass is 264 g/mol. The number of nitrogens with one attached hydrogen (secondary N) is 3. The summed E-state index contributed by atoms with van der Waals surface area (Å²) in [6.07, 6.45) is 5.89. The molecule has 1 aromatic heterocycles. The van der Waals surface area contributed by atoms with Crippen LogP contribution in [0.4, 0.5) is 0 Å². The predicted molar refractivity (Wildman–Crippen MR) is 74.8 cm³/mol. The Balaban J connectivity index is 1.65. The van der Waals surface area contributed by atoms with E-state index in [9.17, 15) is 4.79 Å². The van der Waals surface area contributed by atoms with E-state index in [0.29, 0.717) is 5.92 Å². The quantitative estimate of drug-likeness (QED) is 0.699. The SMILES string of the molecule is Cc1[nH]ncc1CCCNC(=O)C1CC(C)CCN1. The van der Waals surface area contributed by atoms with Crippen LogP contribution in [0.2, 0.25) is 0 Å². The molecule has 5 heteroatoms. The number of hydrogen-bond donors (Lipinski definition) is 3. The van der Waals surface area contributed by atoms with E-state index in [1.807, 2.05) is 13.1 Å². The zero-order chi connectivity index (χ0) is 13.7. The van der Waals surface area contributed by atoms with Crippen LogP contribution in [0.5, 0.6) is 0 Å². The van der Waals surface area contributed by atoms with Crippen LogP contribution in [0.3, 0.4) is 0 Å². The summed E-state index contributed by atoms with van der Waals surface area (Å²) in [6, 6.07) is -0.000545. The van der Waals surface area contributed by atoms with Gasteiger partial charge in [0.15, 0.2) is 0 Å². The Kier molecular flexibility index (Phi) is 4.96. The molecule has 0 aromatic carbocycles. The van der Waals surface area contributed by atoms with Crippen molar-refractivity contribution in [3.05, 3.63) is 17.5 Å². The number of hydrogen-bond acceptors (Lipinski definition) is 3. The number of carbonyl (C=O) groups excluding carboxylic acids is 1. The van der Waals surface area contributed by atoms with E-state index in [2.05, 4.69) is 27.8 Å². The Morgan fingerprint density at radius 3 is 3.11 bits per heavy atom. The molecular weight excluding hydrogens is 240 g/mol. The van der Waals surface area contributed by atoms with Crippen LogP contribution in [-0.4, -0.2) is 35.2 Å². The van der Waals surface area contributed by atoms with Gasteiger partial charge in [-0.1, -0.05) is 6.92 Å². The molecule has 2 atom stereocenters. The van der Waals surface area contributed by atoms with E-state index < -0.39 is 0 Å². The summed E-state index contributed by atoms with van der Waals surface area (Å²) in [7, 11) is 0. The molecule has 0 saturated carbocycles. The Labute approximate surface area is 114 Å². The van der Waals surface area contributed by atoms with E-state index in [1.54, 1.807) is 0 Å². The number of aromatic nitrogens is 2. The van der Waals surface area contributed by atoms with Crippen molar-refractivity contribution in [1.29, 1.82) is 0 Å². The molecule has 2 heterocycles. The number of aromatic amines is 1. The fourth-order valence-electron chi connectivity index (χ4n) is 2.55. The van der Waals surface area contributed by atoms with E-state index in [1.165, 1.54) is 12.0 Å². The Morgan fingerprint density at radius 1 is 1.58 bits per heavy atom. The average Bonchev–Trinajstić information content (AvgIpc) is 2.80. The molecule has 1 amide bonds. The van der Waals surface area contributed by atoms with Crippen LogP contribution < -0.4 is 10.6 Å². The summed E-state index contributed by atoms with van der Waals surface area (Å²) >= 11 is 0. The van der Waals surface area contributed by atoms with Gasteiger partial charge in [0.05, 0.1) is 12.2 Å². The molecule has 1 fully saturated rings. The summed E-state index contributed by atoms with van der Waals surface area (Å²) in [5, 5.41) is 13.2. The number of aryl methyl sites for hydroxylation is 2. The van der Waals surface area contributed by atoms with Crippen molar-refractivity contribution in [2.75, 3.05) is 13.1 Å².